The maximum Gasteiger partial charge on any atom is 0.237 e. The first kappa shape index (κ1) is 20.2. The minimum Gasteiger partial charge on any atom is -0.472 e. The van der Waals surface area contributed by atoms with Gasteiger partial charge in [-0.25, -0.2) is 0 Å². The molecule has 4 atom stereocenters. The third-order valence-electron chi connectivity index (χ3n) is 6.22. The van der Waals surface area contributed by atoms with E-state index in [4.69, 9.17) is 16.0 Å². The largest absolute Gasteiger partial charge is 0.472 e. The van der Waals surface area contributed by atoms with Gasteiger partial charge >= 0.3 is 0 Å². The SMILES string of the molecule is CCC(=O)[C@@H]1N[C@H](CC(C)(C)C)[C@]2(C(=O)Nc3cc(Cl)ccc32)[C@H]1c1ccoc1. The average molecular weight is 415 g/mol. The van der Waals surface area contributed by atoms with Gasteiger partial charge in [-0.1, -0.05) is 45.4 Å². The molecule has 6 heteroatoms. The van der Waals surface area contributed by atoms with Crippen molar-refractivity contribution in [3.8, 4) is 0 Å². The Balaban J connectivity index is 1.97. The van der Waals surface area contributed by atoms with Gasteiger partial charge in [-0.2, -0.15) is 0 Å². The van der Waals surface area contributed by atoms with Crippen molar-refractivity contribution in [3.63, 3.8) is 0 Å². The highest BCUT2D eigenvalue weighted by molar-refractivity contribution is 6.31. The van der Waals surface area contributed by atoms with Gasteiger partial charge in [0.05, 0.1) is 18.6 Å². The van der Waals surface area contributed by atoms with Crippen molar-refractivity contribution in [2.24, 2.45) is 5.41 Å². The van der Waals surface area contributed by atoms with E-state index in [1.165, 1.54) is 0 Å². The van der Waals surface area contributed by atoms with Crippen LogP contribution in [0.4, 0.5) is 5.69 Å². The number of rotatable bonds is 4. The number of furan rings is 1. The lowest BCUT2D eigenvalue weighted by molar-refractivity contribution is -0.122. The van der Waals surface area contributed by atoms with Crippen LogP contribution in [0.25, 0.3) is 0 Å². The van der Waals surface area contributed by atoms with Crippen molar-refractivity contribution in [1.29, 1.82) is 0 Å². The number of carbonyl (C=O) groups is 2. The van der Waals surface area contributed by atoms with E-state index in [0.717, 1.165) is 23.2 Å². The van der Waals surface area contributed by atoms with Crippen LogP contribution in [-0.2, 0) is 15.0 Å². The number of halogens is 1. The Morgan fingerprint density at radius 3 is 2.66 bits per heavy atom. The summed E-state index contributed by atoms with van der Waals surface area (Å²) in [6, 6.07) is 6.74. The Bertz CT molecular complexity index is 948. The summed E-state index contributed by atoms with van der Waals surface area (Å²) in [6.45, 7) is 8.32. The highest BCUT2D eigenvalue weighted by Crippen LogP contribution is 2.56. The average Bonchev–Trinajstić information content (AvgIpc) is 3.32. The number of amides is 1. The molecule has 1 fully saturated rings. The fourth-order valence-electron chi connectivity index (χ4n) is 5.15. The normalized spacial score (nSPS) is 28.6. The molecular formula is C23H27ClN2O3. The van der Waals surface area contributed by atoms with Gasteiger partial charge in [-0.15, -0.1) is 0 Å². The molecule has 5 nitrogen and oxygen atoms in total. The Labute approximate surface area is 176 Å². The Hall–Kier alpha value is -2.11. The van der Waals surface area contributed by atoms with Crippen molar-refractivity contribution >= 4 is 29.0 Å². The standard InChI is InChI=1S/C23H27ClN2O3/c1-5-17(27)20-19(13-8-9-29-12-13)23(18(26-20)11-22(2,3)4)15-7-6-14(24)10-16(15)25-21(23)28/h6-10,12,18-20,26H,5,11H2,1-4H3,(H,25,28)/t18-,19+,20+,23+/m1/s1. The van der Waals surface area contributed by atoms with Crippen molar-refractivity contribution in [1.82, 2.24) is 5.32 Å². The molecule has 2 aliphatic heterocycles. The van der Waals surface area contributed by atoms with Gasteiger partial charge in [0.25, 0.3) is 0 Å². The molecule has 0 radical (unpaired) electrons. The maximum atomic E-state index is 13.7. The van der Waals surface area contributed by atoms with Crippen LogP contribution in [0.2, 0.25) is 5.02 Å². The molecule has 0 saturated carbocycles. The molecule has 154 valence electrons. The smallest absolute Gasteiger partial charge is 0.237 e. The first-order valence-electron chi connectivity index (χ1n) is 10.1. The fraction of sp³-hybridized carbons (Fsp3) is 0.478. The molecule has 0 aliphatic carbocycles. The monoisotopic (exact) mass is 414 g/mol. The van der Waals surface area contributed by atoms with E-state index < -0.39 is 11.5 Å². The van der Waals surface area contributed by atoms with Crippen molar-refractivity contribution in [3.05, 3.63) is 52.9 Å². The predicted molar refractivity (Wildman–Crippen MR) is 113 cm³/mol. The maximum absolute atomic E-state index is 13.7. The fourth-order valence-corrected chi connectivity index (χ4v) is 5.32. The topological polar surface area (TPSA) is 71.3 Å². The third-order valence-corrected chi connectivity index (χ3v) is 6.45. The zero-order valence-electron chi connectivity index (χ0n) is 17.2. The second-order valence-corrected chi connectivity index (χ2v) is 9.77. The highest BCUT2D eigenvalue weighted by Gasteiger charge is 2.65. The molecule has 1 spiro atoms. The van der Waals surface area contributed by atoms with Gasteiger partial charge in [0.15, 0.2) is 0 Å². The molecule has 2 aromatic rings. The van der Waals surface area contributed by atoms with Crippen LogP contribution in [0.5, 0.6) is 0 Å². The summed E-state index contributed by atoms with van der Waals surface area (Å²) in [5.74, 6) is -0.347. The summed E-state index contributed by atoms with van der Waals surface area (Å²) in [5.41, 5.74) is 1.53. The number of carbonyl (C=O) groups excluding carboxylic acids is 2. The van der Waals surface area contributed by atoms with Crippen LogP contribution >= 0.6 is 11.6 Å². The van der Waals surface area contributed by atoms with Crippen LogP contribution < -0.4 is 10.6 Å². The summed E-state index contributed by atoms with van der Waals surface area (Å²) < 4.78 is 5.38. The van der Waals surface area contributed by atoms with Crippen LogP contribution in [-0.4, -0.2) is 23.8 Å². The van der Waals surface area contributed by atoms with E-state index in [1.807, 2.05) is 25.1 Å². The van der Waals surface area contributed by atoms with Crippen molar-refractivity contribution < 1.29 is 14.0 Å². The number of fused-ring (bicyclic) bond motifs is 2. The summed E-state index contributed by atoms with van der Waals surface area (Å²) in [5, 5.41) is 7.19. The molecule has 3 heterocycles. The second kappa shape index (κ2) is 6.99. The van der Waals surface area contributed by atoms with E-state index in [9.17, 15) is 9.59 Å². The van der Waals surface area contributed by atoms with Crippen LogP contribution in [0.1, 0.15) is 57.6 Å². The molecule has 1 aromatic carbocycles. The van der Waals surface area contributed by atoms with Crippen LogP contribution in [0.15, 0.2) is 41.2 Å². The van der Waals surface area contributed by atoms with Gasteiger partial charge in [0, 0.05) is 29.1 Å². The number of hydrogen-bond acceptors (Lipinski definition) is 4. The van der Waals surface area contributed by atoms with Crippen LogP contribution in [0, 0.1) is 5.41 Å². The third kappa shape index (κ3) is 3.11. The number of hydrogen-bond donors (Lipinski definition) is 2. The van der Waals surface area contributed by atoms with E-state index in [-0.39, 0.29) is 29.1 Å². The van der Waals surface area contributed by atoms with Gasteiger partial charge < -0.3 is 15.1 Å². The zero-order valence-corrected chi connectivity index (χ0v) is 18.0. The molecule has 2 aliphatic rings. The number of ketones is 1. The molecule has 1 aromatic heterocycles. The Kier molecular flexibility index (Phi) is 4.87. The predicted octanol–water partition coefficient (Wildman–Crippen LogP) is 4.66. The minimum absolute atomic E-state index is 0.0365. The van der Waals surface area contributed by atoms with E-state index >= 15 is 0 Å². The summed E-state index contributed by atoms with van der Waals surface area (Å²) in [7, 11) is 0. The lowest BCUT2D eigenvalue weighted by atomic mass is 9.62. The number of Topliss-reactive ketones (excluding diaryl/α,β-unsaturated/α-hetero) is 1. The lowest BCUT2D eigenvalue weighted by Crippen LogP contribution is -2.49. The lowest BCUT2D eigenvalue weighted by Gasteiger charge is -2.37. The van der Waals surface area contributed by atoms with Gasteiger partial charge in [-0.05, 0) is 41.2 Å². The summed E-state index contributed by atoms with van der Waals surface area (Å²) in [4.78, 5) is 26.7. The van der Waals surface area contributed by atoms with Gasteiger partial charge in [0.1, 0.15) is 11.2 Å². The molecule has 4 rings (SSSR count). The first-order valence-corrected chi connectivity index (χ1v) is 10.5. The van der Waals surface area contributed by atoms with E-state index in [2.05, 4.69) is 31.4 Å². The summed E-state index contributed by atoms with van der Waals surface area (Å²) in [6.07, 6.45) is 4.40. The number of benzene rings is 1. The van der Waals surface area contributed by atoms with E-state index in [0.29, 0.717) is 11.4 Å². The molecule has 0 unspecified atom stereocenters. The van der Waals surface area contributed by atoms with E-state index in [1.54, 1.807) is 18.6 Å². The first-order chi connectivity index (χ1) is 13.7. The molecule has 1 amide bonds. The van der Waals surface area contributed by atoms with Crippen molar-refractivity contribution in [2.45, 2.75) is 64.0 Å². The zero-order chi connectivity index (χ0) is 21.0. The van der Waals surface area contributed by atoms with Crippen LogP contribution in [0.3, 0.4) is 0 Å². The summed E-state index contributed by atoms with van der Waals surface area (Å²) >= 11 is 6.21. The Morgan fingerprint density at radius 1 is 1.28 bits per heavy atom. The minimum atomic E-state index is -0.910. The highest BCUT2D eigenvalue weighted by atomic mass is 35.5. The molecule has 29 heavy (non-hydrogen) atoms. The molecule has 0 bridgehead atoms. The van der Waals surface area contributed by atoms with Gasteiger partial charge in [-0.3, -0.25) is 9.59 Å². The Morgan fingerprint density at radius 2 is 2.03 bits per heavy atom. The van der Waals surface area contributed by atoms with Crippen molar-refractivity contribution in [2.75, 3.05) is 5.32 Å². The second-order valence-electron chi connectivity index (χ2n) is 9.33. The quantitative estimate of drug-likeness (QED) is 0.763. The number of nitrogens with one attached hydrogen (secondary N) is 2. The van der Waals surface area contributed by atoms with Gasteiger partial charge in [0.2, 0.25) is 5.91 Å². The molecule has 2 N–H and O–H groups in total. The number of anilines is 1. The molecule has 1 saturated heterocycles. The molecular weight excluding hydrogens is 388 g/mol.